The summed E-state index contributed by atoms with van der Waals surface area (Å²) in [5, 5.41) is 6.78. The molecule has 0 atom stereocenters. The van der Waals surface area contributed by atoms with Gasteiger partial charge in [0.05, 0.1) is 17.0 Å². The Balaban J connectivity index is 1.31. The highest BCUT2D eigenvalue weighted by molar-refractivity contribution is 7.09. The fraction of sp³-hybridized carbons (Fsp3) is 0.500. The van der Waals surface area contributed by atoms with Gasteiger partial charge in [0.25, 0.3) is 5.91 Å². The Bertz CT molecular complexity index is 1100. The number of thiazole rings is 1. The lowest BCUT2D eigenvalue weighted by Crippen LogP contribution is -2.34. The monoisotopic (exact) mass is 555 g/mol. The molecule has 2 aromatic carbocycles. The fourth-order valence-corrected chi connectivity index (χ4v) is 5.42. The van der Waals surface area contributed by atoms with Crippen molar-refractivity contribution < 1.29 is 14.1 Å². The molecule has 0 aliphatic rings. The Morgan fingerprint density at radius 1 is 0.895 bits per heavy atom. The molecule has 0 unspecified atom stereocenters. The molecule has 3 rings (SSSR count). The van der Waals surface area contributed by atoms with Crippen LogP contribution in [0.25, 0.3) is 0 Å². The van der Waals surface area contributed by atoms with Gasteiger partial charge in [-0.1, -0.05) is 113 Å². The van der Waals surface area contributed by atoms with Crippen LogP contribution >= 0.6 is 22.9 Å². The highest BCUT2D eigenvalue weighted by Crippen LogP contribution is 2.26. The number of hydrogen-bond donors (Lipinski definition) is 1. The van der Waals surface area contributed by atoms with E-state index < -0.39 is 0 Å². The minimum Gasteiger partial charge on any atom is -0.492 e. The third-order valence-corrected chi connectivity index (χ3v) is 8.03. The molecule has 4 nitrogen and oxygen atoms in total. The predicted octanol–water partition coefficient (Wildman–Crippen LogP) is 9.38. The van der Waals surface area contributed by atoms with E-state index in [2.05, 4.69) is 35.3 Å². The van der Waals surface area contributed by atoms with Gasteiger partial charge < -0.3 is 10.1 Å². The molecule has 1 aromatic heterocycles. The zero-order chi connectivity index (χ0) is 27.0. The van der Waals surface area contributed by atoms with Crippen LogP contribution in [0.15, 0.2) is 54.0 Å². The highest BCUT2D eigenvalue weighted by atomic mass is 35.5. The number of halogens is 1. The maximum atomic E-state index is 12.7. The van der Waals surface area contributed by atoms with Crippen molar-refractivity contribution in [1.29, 1.82) is 0 Å². The molecule has 1 N–H and O–H groups in total. The van der Waals surface area contributed by atoms with Crippen LogP contribution in [0.1, 0.15) is 105 Å². The molecule has 0 saturated carbocycles. The number of benzene rings is 2. The van der Waals surface area contributed by atoms with Crippen molar-refractivity contribution in [1.82, 2.24) is 0 Å². The summed E-state index contributed by atoms with van der Waals surface area (Å²) in [7, 11) is 0. The fourth-order valence-electron chi connectivity index (χ4n) is 4.52. The van der Waals surface area contributed by atoms with Crippen molar-refractivity contribution in [3.05, 3.63) is 75.2 Å². The molecule has 0 bridgehead atoms. The largest absolute Gasteiger partial charge is 0.492 e. The van der Waals surface area contributed by atoms with E-state index in [-0.39, 0.29) is 5.91 Å². The van der Waals surface area contributed by atoms with Gasteiger partial charge in [0, 0.05) is 23.7 Å². The smallest absolute Gasteiger partial charge is 0.255 e. The van der Waals surface area contributed by atoms with Crippen LogP contribution in [0.5, 0.6) is 5.75 Å². The summed E-state index contributed by atoms with van der Waals surface area (Å²) in [6.45, 7) is 5.85. The van der Waals surface area contributed by atoms with E-state index in [1.54, 1.807) is 29.5 Å². The number of anilines is 1. The van der Waals surface area contributed by atoms with Gasteiger partial charge in [0.15, 0.2) is 12.7 Å². The number of carbonyl (C=O) groups excluding carboxylic acids is 1. The lowest BCUT2D eigenvalue weighted by molar-refractivity contribution is -0.689. The zero-order valence-electron chi connectivity index (χ0n) is 23.1. The number of rotatable bonds is 18. The quantitative estimate of drug-likeness (QED) is 0.125. The van der Waals surface area contributed by atoms with Crippen LogP contribution in [0, 0.1) is 6.92 Å². The average molecular weight is 556 g/mol. The van der Waals surface area contributed by atoms with E-state index >= 15 is 0 Å². The Kier molecular flexibility index (Phi) is 13.7. The second-order valence-corrected chi connectivity index (χ2v) is 11.6. The molecule has 0 saturated heterocycles. The molecule has 0 fully saturated rings. The topological polar surface area (TPSA) is 42.2 Å². The summed E-state index contributed by atoms with van der Waals surface area (Å²) in [6, 6.07) is 13.2. The summed E-state index contributed by atoms with van der Waals surface area (Å²) in [5.41, 5.74) is 2.46. The maximum Gasteiger partial charge on any atom is 0.255 e. The first-order valence-electron chi connectivity index (χ1n) is 14.3. The minimum atomic E-state index is -0.185. The van der Waals surface area contributed by atoms with Crippen LogP contribution in [0.2, 0.25) is 5.02 Å². The molecular formula is C32H44ClN2O2S+. The van der Waals surface area contributed by atoms with E-state index in [4.69, 9.17) is 16.3 Å². The van der Waals surface area contributed by atoms with Crippen molar-refractivity contribution in [2.24, 2.45) is 0 Å². The molecule has 1 amide bonds. The first-order chi connectivity index (χ1) is 18.6. The Labute approximate surface area is 238 Å². The van der Waals surface area contributed by atoms with Crippen molar-refractivity contribution in [2.75, 3.05) is 11.9 Å². The molecular weight excluding hydrogens is 512 g/mol. The lowest BCUT2D eigenvalue weighted by atomic mass is 10.1. The SMILES string of the molecule is CCCCCCCCCCCCCCOc1ccc(C(=O)Nc2ccc(C[n+]3ccsc3C)cc2)cc1Cl. The molecule has 6 heteroatoms. The number of nitrogens with zero attached hydrogens (tertiary/aromatic N) is 1. The van der Waals surface area contributed by atoms with Gasteiger partial charge in [-0.15, -0.1) is 0 Å². The molecule has 0 aliphatic carbocycles. The maximum absolute atomic E-state index is 12.7. The third kappa shape index (κ3) is 10.8. The average Bonchev–Trinajstić information content (AvgIpc) is 3.32. The van der Waals surface area contributed by atoms with Crippen molar-refractivity contribution in [2.45, 2.75) is 97.4 Å². The summed E-state index contributed by atoms with van der Waals surface area (Å²) in [4.78, 5) is 12.7. The van der Waals surface area contributed by atoms with Crippen LogP contribution in [-0.2, 0) is 6.54 Å². The number of unbranched alkanes of at least 4 members (excludes halogenated alkanes) is 11. The van der Waals surface area contributed by atoms with Gasteiger partial charge in [-0.3, -0.25) is 4.79 Å². The highest BCUT2D eigenvalue weighted by Gasteiger charge is 2.12. The first kappa shape index (κ1) is 30.2. The van der Waals surface area contributed by atoms with E-state index in [0.717, 1.165) is 18.7 Å². The van der Waals surface area contributed by atoms with Crippen LogP contribution in [-0.4, -0.2) is 12.5 Å². The number of carbonyl (C=O) groups is 1. The summed E-state index contributed by atoms with van der Waals surface area (Å²) >= 11 is 8.16. The van der Waals surface area contributed by atoms with Crippen LogP contribution in [0.4, 0.5) is 5.69 Å². The van der Waals surface area contributed by atoms with Gasteiger partial charge in [-0.25, -0.2) is 0 Å². The standard InChI is InChI=1S/C32H43ClN2O2S/c1-3-4-5-6-7-8-9-10-11-12-13-14-22-37-31-20-17-28(24-30(31)33)32(36)34-29-18-15-27(16-19-29)25-35-21-23-38-26(35)2/h15-21,23-24H,3-14,22,25H2,1-2H3/p+1. The minimum absolute atomic E-state index is 0.185. The lowest BCUT2D eigenvalue weighted by Gasteiger charge is -2.10. The molecule has 38 heavy (non-hydrogen) atoms. The second-order valence-electron chi connectivity index (χ2n) is 10.1. The van der Waals surface area contributed by atoms with Crippen LogP contribution in [0.3, 0.4) is 0 Å². The van der Waals surface area contributed by atoms with Gasteiger partial charge in [-0.2, -0.15) is 4.57 Å². The first-order valence-corrected chi connectivity index (χ1v) is 15.6. The Hall–Kier alpha value is -2.37. The second kappa shape index (κ2) is 17.3. The molecule has 1 heterocycles. The number of hydrogen-bond acceptors (Lipinski definition) is 3. The normalized spacial score (nSPS) is 11.0. The van der Waals surface area contributed by atoms with Crippen molar-refractivity contribution in [3.8, 4) is 5.75 Å². The van der Waals surface area contributed by atoms with E-state index in [1.807, 2.05) is 24.3 Å². The number of amides is 1. The third-order valence-electron chi connectivity index (χ3n) is 6.90. The summed E-state index contributed by atoms with van der Waals surface area (Å²) < 4.78 is 8.09. The number of ether oxygens (including phenoxy) is 1. The van der Waals surface area contributed by atoms with E-state index in [9.17, 15) is 4.79 Å². The molecule has 0 aliphatic heterocycles. The van der Waals surface area contributed by atoms with Crippen molar-refractivity contribution >= 4 is 34.5 Å². The number of aromatic nitrogens is 1. The van der Waals surface area contributed by atoms with Gasteiger partial charge in [0.2, 0.25) is 5.01 Å². The number of aryl methyl sites for hydroxylation is 1. The van der Waals surface area contributed by atoms with Crippen LogP contribution < -0.4 is 14.6 Å². The molecule has 0 spiro atoms. The van der Waals surface area contributed by atoms with Gasteiger partial charge in [0.1, 0.15) is 5.75 Å². The Morgan fingerprint density at radius 3 is 2.11 bits per heavy atom. The summed E-state index contributed by atoms with van der Waals surface area (Å²) in [6.07, 6.45) is 17.9. The van der Waals surface area contributed by atoms with Gasteiger partial charge in [-0.05, 0) is 36.8 Å². The van der Waals surface area contributed by atoms with Crippen molar-refractivity contribution in [3.63, 3.8) is 0 Å². The number of nitrogens with one attached hydrogen (secondary N) is 1. The van der Waals surface area contributed by atoms with Gasteiger partial charge >= 0.3 is 0 Å². The summed E-state index contributed by atoms with van der Waals surface area (Å²) in [5.74, 6) is 0.451. The van der Waals surface area contributed by atoms with E-state index in [0.29, 0.717) is 22.9 Å². The predicted molar refractivity (Wildman–Crippen MR) is 161 cm³/mol. The van der Waals surface area contributed by atoms with E-state index in [1.165, 1.54) is 81.2 Å². The Morgan fingerprint density at radius 2 is 1.53 bits per heavy atom. The molecule has 0 radical (unpaired) electrons. The zero-order valence-corrected chi connectivity index (χ0v) is 24.7. The molecule has 206 valence electrons. The molecule has 3 aromatic rings.